The molecule has 0 aliphatic carbocycles. The van der Waals surface area contributed by atoms with E-state index in [0.29, 0.717) is 12.6 Å². The fraction of sp³-hybridized carbons (Fsp3) is 0.533. The van der Waals surface area contributed by atoms with E-state index < -0.39 is 0 Å². The summed E-state index contributed by atoms with van der Waals surface area (Å²) >= 11 is 1.74. The fourth-order valence-corrected chi connectivity index (χ4v) is 3.29. The zero-order chi connectivity index (χ0) is 16.1. The van der Waals surface area contributed by atoms with Gasteiger partial charge in [0.15, 0.2) is 11.8 Å². The molecular weight excluding hydrogens is 312 g/mol. The standard InChI is InChI=1S/C15H22N6OS/c1-16-15(17-8-12-4-3-7-23-12)18-11-5-6-14-19-13(10-22-2)20-21(14)9-11/h3-4,7,11H,5-6,8-10H2,1-2H3,(H2,16,17,18). The first-order chi connectivity index (χ1) is 11.3. The summed E-state index contributed by atoms with van der Waals surface area (Å²) in [4.78, 5) is 10.1. The van der Waals surface area contributed by atoms with E-state index in [9.17, 15) is 0 Å². The van der Waals surface area contributed by atoms with Crippen molar-refractivity contribution in [3.63, 3.8) is 0 Å². The highest BCUT2D eigenvalue weighted by molar-refractivity contribution is 7.09. The monoisotopic (exact) mass is 334 g/mol. The quantitative estimate of drug-likeness (QED) is 0.634. The molecule has 7 nitrogen and oxygen atoms in total. The number of guanidine groups is 1. The Hall–Kier alpha value is -1.93. The van der Waals surface area contributed by atoms with Crippen molar-refractivity contribution in [3.05, 3.63) is 34.0 Å². The molecule has 0 fully saturated rings. The number of rotatable bonds is 5. The van der Waals surface area contributed by atoms with Crippen LogP contribution in [0.3, 0.4) is 0 Å². The second-order valence-electron chi connectivity index (χ2n) is 5.44. The number of aliphatic imine (C=N–C) groups is 1. The fourth-order valence-electron chi connectivity index (χ4n) is 2.64. The van der Waals surface area contributed by atoms with Crippen LogP contribution >= 0.6 is 11.3 Å². The third-order valence-electron chi connectivity index (χ3n) is 3.75. The lowest BCUT2D eigenvalue weighted by atomic mass is 10.1. The summed E-state index contributed by atoms with van der Waals surface area (Å²) in [6.45, 7) is 2.05. The Kier molecular flexibility index (Phi) is 5.24. The number of hydrogen-bond donors (Lipinski definition) is 2. The highest BCUT2D eigenvalue weighted by Gasteiger charge is 2.22. The van der Waals surface area contributed by atoms with Gasteiger partial charge >= 0.3 is 0 Å². The lowest BCUT2D eigenvalue weighted by molar-refractivity contribution is 0.177. The Morgan fingerprint density at radius 3 is 3.22 bits per heavy atom. The molecule has 0 aromatic carbocycles. The SMILES string of the molecule is CN=C(NCc1cccs1)NC1CCc2nc(COC)nn2C1. The third kappa shape index (κ3) is 4.08. The first kappa shape index (κ1) is 15.9. The number of methoxy groups -OCH3 is 1. The first-order valence-electron chi connectivity index (χ1n) is 7.69. The van der Waals surface area contributed by atoms with Crippen molar-refractivity contribution in [3.8, 4) is 0 Å². The molecule has 1 aliphatic rings. The summed E-state index contributed by atoms with van der Waals surface area (Å²) in [6, 6.07) is 4.47. The molecule has 1 aliphatic heterocycles. The van der Waals surface area contributed by atoms with Crippen molar-refractivity contribution in [1.82, 2.24) is 25.4 Å². The zero-order valence-electron chi connectivity index (χ0n) is 13.5. The van der Waals surface area contributed by atoms with Crippen LogP contribution < -0.4 is 10.6 Å². The van der Waals surface area contributed by atoms with Crippen LogP contribution in [-0.4, -0.2) is 40.9 Å². The summed E-state index contributed by atoms with van der Waals surface area (Å²) in [5.41, 5.74) is 0. The number of nitrogens with zero attached hydrogens (tertiary/aromatic N) is 4. The van der Waals surface area contributed by atoms with Gasteiger partial charge in [0, 0.05) is 31.5 Å². The second kappa shape index (κ2) is 7.56. The molecule has 0 saturated carbocycles. The Labute approximate surface area is 139 Å². The van der Waals surface area contributed by atoms with Crippen molar-refractivity contribution >= 4 is 17.3 Å². The summed E-state index contributed by atoms with van der Waals surface area (Å²) in [6.07, 6.45) is 1.93. The number of thiophene rings is 1. The molecule has 0 radical (unpaired) electrons. The van der Waals surface area contributed by atoms with E-state index in [1.54, 1.807) is 25.5 Å². The smallest absolute Gasteiger partial charge is 0.191 e. The normalized spacial score (nSPS) is 17.8. The number of fused-ring (bicyclic) bond motifs is 1. The topological polar surface area (TPSA) is 76.4 Å². The molecule has 1 atom stereocenters. The molecule has 0 bridgehead atoms. The lowest BCUT2D eigenvalue weighted by Gasteiger charge is -2.25. The maximum atomic E-state index is 5.10. The summed E-state index contributed by atoms with van der Waals surface area (Å²) in [5, 5.41) is 13.4. The van der Waals surface area contributed by atoms with Gasteiger partial charge in [-0.25, -0.2) is 9.67 Å². The van der Waals surface area contributed by atoms with Crippen LogP contribution in [0.2, 0.25) is 0 Å². The van der Waals surface area contributed by atoms with Gasteiger partial charge in [-0.2, -0.15) is 5.10 Å². The summed E-state index contributed by atoms with van der Waals surface area (Å²) in [7, 11) is 3.46. The molecule has 2 aromatic rings. The Bertz CT molecular complexity index is 651. The predicted octanol–water partition coefficient (Wildman–Crippen LogP) is 1.17. The van der Waals surface area contributed by atoms with Crippen molar-refractivity contribution in [2.45, 2.75) is 38.6 Å². The zero-order valence-corrected chi connectivity index (χ0v) is 14.3. The number of aryl methyl sites for hydroxylation is 1. The molecule has 2 aromatic heterocycles. The average Bonchev–Trinajstić information content (AvgIpc) is 3.20. The van der Waals surface area contributed by atoms with Crippen molar-refractivity contribution in [2.24, 2.45) is 4.99 Å². The molecule has 0 spiro atoms. The van der Waals surface area contributed by atoms with Crippen LogP contribution in [0.15, 0.2) is 22.5 Å². The molecule has 124 valence electrons. The third-order valence-corrected chi connectivity index (χ3v) is 4.63. The molecule has 2 N–H and O–H groups in total. The minimum absolute atomic E-state index is 0.300. The maximum Gasteiger partial charge on any atom is 0.191 e. The molecule has 3 heterocycles. The van der Waals surface area contributed by atoms with Crippen LogP contribution in [-0.2, 0) is 30.9 Å². The van der Waals surface area contributed by atoms with Crippen LogP contribution in [0.1, 0.15) is 22.9 Å². The van der Waals surface area contributed by atoms with E-state index in [2.05, 4.69) is 43.2 Å². The van der Waals surface area contributed by atoms with E-state index in [0.717, 1.165) is 43.5 Å². The summed E-state index contributed by atoms with van der Waals surface area (Å²) < 4.78 is 7.07. The van der Waals surface area contributed by atoms with E-state index in [-0.39, 0.29) is 0 Å². The number of nitrogens with one attached hydrogen (secondary N) is 2. The van der Waals surface area contributed by atoms with Gasteiger partial charge in [-0.05, 0) is 17.9 Å². The van der Waals surface area contributed by atoms with Gasteiger partial charge in [-0.3, -0.25) is 4.99 Å². The molecule has 0 amide bonds. The molecule has 3 rings (SSSR count). The van der Waals surface area contributed by atoms with Gasteiger partial charge in [-0.15, -0.1) is 11.3 Å². The number of hydrogen-bond acceptors (Lipinski definition) is 5. The average molecular weight is 334 g/mol. The Morgan fingerprint density at radius 1 is 1.57 bits per heavy atom. The van der Waals surface area contributed by atoms with E-state index in [4.69, 9.17) is 4.74 Å². The molecule has 0 saturated heterocycles. The van der Waals surface area contributed by atoms with Gasteiger partial charge in [0.1, 0.15) is 12.4 Å². The van der Waals surface area contributed by atoms with Gasteiger partial charge < -0.3 is 15.4 Å². The highest BCUT2D eigenvalue weighted by atomic mass is 32.1. The van der Waals surface area contributed by atoms with Crippen LogP contribution in [0.5, 0.6) is 0 Å². The molecule has 23 heavy (non-hydrogen) atoms. The minimum Gasteiger partial charge on any atom is -0.377 e. The predicted molar refractivity (Wildman–Crippen MR) is 90.5 cm³/mol. The van der Waals surface area contributed by atoms with Gasteiger partial charge in [0.25, 0.3) is 0 Å². The Morgan fingerprint density at radius 2 is 2.48 bits per heavy atom. The summed E-state index contributed by atoms with van der Waals surface area (Å²) in [5.74, 6) is 2.61. The van der Waals surface area contributed by atoms with E-state index >= 15 is 0 Å². The molecule has 1 unspecified atom stereocenters. The van der Waals surface area contributed by atoms with Crippen molar-refractivity contribution in [1.29, 1.82) is 0 Å². The molecular formula is C15H22N6OS. The van der Waals surface area contributed by atoms with Crippen LogP contribution in [0.25, 0.3) is 0 Å². The second-order valence-corrected chi connectivity index (χ2v) is 6.48. The minimum atomic E-state index is 0.300. The largest absolute Gasteiger partial charge is 0.377 e. The number of aromatic nitrogens is 3. The van der Waals surface area contributed by atoms with Gasteiger partial charge in [-0.1, -0.05) is 6.07 Å². The Balaban J connectivity index is 1.55. The first-order valence-corrected chi connectivity index (χ1v) is 8.57. The lowest BCUT2D eigenvalue weighted by Crippen LogP contribution is -2.46. The van der Waals surface area contributed by atoms with Crippen molar-refractivity contribution < 1.29 is 4.74 Å². The maximum absolute atomic E-state index is 5.10. The van der Waals surface area contributed by atoms with Gasteiger partial charge in [0.2, 0.25) is 0 Å². The van der Waals surface area contributed by atoms with E-state index in [1.807, 2.05) is 4.68 Å². The van der Waals surface area contributed by atoms with E-state index in [1.165, 1.54) is 4.88 Å². The number of ether oxygens (including phenoxy) is 1. The molecule has 8 heteroatoms. The van der Waals surface area contributed by atoms with Gasteiger partial charge in [0.05, 0.1) is 13.1 Å². The highest BCUT2D eigenvalue weighted by Crippen LogP contribution is 2.13. The van der Waals surface area contributed by atoms with Crippen LogP contribution in [0, 0.1) is 0 Å². The van der Waals surface area contributed by atoms with Crippen molar-refractivity contribution in [2.75, 3.05) is 14.2 Å². The van der Waals surface area contributed by atoms with Crippen LogP contribution in [0.4, 0.5) is 0 Å².